The van der Waals surface area contributed by atoms with Gasteiger partial charge in [0.1, 0.15) is 5.82 Å². The summed E-state index contributed by atoms with van der Waals surface area (Å²) < 4.78 is 8.94. The van der Waals surface area contributed by atoms with Crippen LogP contribution in [0.3, 0.4) is 0 Å². The predicted molar refractivity (Wildman–Crippen MR) is 92.3 cm³/mol. The summed E-state index contributed by atoms with van der Waals surface area (Å²) in [5, 5.41) is 4.54. The van der Waals surface area contributed by atoms with E-state index in [0.717, 1.165) is 34.0 Å². The molecule has 0 bridgehead atoms. The van der Waals surface area contributed by atoms with Crippen LogP contribution in [0.4, 0.5) is 0 Å². The minimum Gasteiger partial charge on any atom is -0.472 e. The van der Waals surface area contributed by atoms with E-state index in [4.69, 9.17) is 4.42 Å². The Morgan fingerprint density at radius 1 is 1.08 bits per heavy atom. The van der Waals surface area contributed by atoms with Crippen molar-refractivity contribution in [2.45, 2.75) is 13.8 Å². The second-order valence-corrected chi connectivity index (χ2v) is 5.80. The van der Waals surface area contributed by atoms with Crippen molar-refractivity contribution in [3.05, 3.63) is 59.8 Å². The lowest BCUT2D eigenvalue weighted by molar-refractivity contribution is 0.568. The maximum Gasteiger partial charge on any atom is 0.175 e. The molecule has 0 fully saturated rings. The fraction of sp³-hybridized carbons (Fsp3) is 0.167. The summed E-state index contributed by atoms with van der Waals surface area (Å²) in [5.74, 6) is 1.50. The molecule has 4 aromatic heterocycles. The Morgan fingerprint density at radius 2 is 1.96 bits per heavy atom. The van der Waals surface area contributed by atoms with Gasteiger partial charge in [0, 0.05) is 24.5 Å². The molecule has 6 nitrogen and oxygen atoms in total. The monoisotopic (exact) mass is 319 g/mol. The highest BCUT2D eigenvalue weighted by Gasteiger charge is 2.08. The molecule has 0 N–H and O–H groups in total. The van der Waals surface area contributed by atoms with Gasteiger partial charge in [-0.15, -0.1) is 5.10 Å². The van der Waals surface area contributed by atoms with E-state index in [9.17, 15) is 0 Å². The maximum atomic E-state index is 5.11. The van der Waals surface area contributed by atoms with Gasteiger partial charge in [0.05, 0.1) is 18.2 Å². The highest BCUT2D eigenvalue weighted by Crippen LogP contribution is 2.19. The van der Waals surface area contributed by atoms with Gasteiger partial charge >= 0.3 is 0 Å². The lowest BCUT2D eigenvalue weighted by Crippen LogP contribution is -1.94. The van der Waals surface area contributed by atoms with Crippen LogP contribution in [-0.4, -0.2) is 24.1 Å². The van der Waals surface area contributed by atoms with Crippen molar-refractivity contribution in [3.8, 4) is 11.3 Å². The molecule has 0 aliphatic carbocycles. The number of pyridine rings is 1. The molecule has 4 rings (SSSR count). The van der Waals surface area contributed by atoms with E-state index < -0.39 is 0 Å². The Balaban J connectivity index is 1.68. The molecule has 0 saturated carbocycles. The van der Waals surface area contributed by atoms with Crippen molar-refractivity contribution in [2.75, 3.05) is 0 Å². The standard InChI is InChI=1S/C18H17N5O/c1-12-4-5-13(2)23-18(12)20-16(21-23)6-7-17-19-15(10-22(17)3)14-8-9-24-11-14/h4-11H,1-3H3/b7-6+. The lowest BCUT2D eigenvalue weighted by Gasteiger charge is -1.98. The van der Waals surface area contributed by atoms with Gasteiger partial charge in [0.2, 0.25) is 0 Å². The number of aromatic nitrogens is 5. The summed E-state index contributed by atoms with van der Waals surface area (Å²) >= 11 is 0. The number of rotatable bonds is 3. The third-order valence-electron chi connectivity index (χ3n) is 4.00. The molecule has 24 heavy (non-hydrogen) atoms. The number of nitrogens with zero attached hydrogens (tertiary/aromatic N) is 5. The van der Waals surface area contributed by atoms with Gasteiger partial charge in [0.15, 0.2) is 11.5 Å². The summed E-state index contributed by atoms with van der Waals surface area (Å²) in [6.07, 6.45) is 9.10. The topological polar surface area (TPSA) is 61.1 Å². The highest BCUT2D eigenvalue weighted by molar-refractivity contribution is 5.67. The van der Waals surface area contributed by atoms with Crippen LogP contribution < -0.4 is 0 Å². The Hall–Kier alpha value is -3.15. The van der Waals surface area contributed by atoms with E-state index >= 15 is 0 Å². The van der Waals surface area contributed by atoms with E-state index in [1.54, 1.807) is 12.5 Å². The largest absolute Gasteiger partial charge is 0.472 e. The van der Waals surface area contributed by atoms with Gasteiger partial charge in [-0.3, -0.25) is 0 Å². The highest BCUT2D eigenvalue weighted by atomic mass is 16.3. The van der Waals surface area contributed by atoms with Crippen LogP contribution in [0.15, 0.2) is 41.3 Å². The molecule has 0 atom stereocenters. The number of hydrogen-bond donors (Lipinski definition) is 0. The average Bonchev–Trinajstić information content (AvgIpc) is 3.28. The fourth-order valence-corrected chi connectivity index (χ4v) is 2.62. The van der Waals surface area contributed by atoms with E-state index in [-0.39, 0.29) is 0 Å². The second-order valence-electron chi connectivity index (χ2n) is 5.80. The smallest absolute Gasteiger partial charge is 0.175 e. The molecule has 0 radical (unpaired) electrons. The maximum absolute atomic E-state index is 5.11. The number of aryl methyl sites for hydroxylation is 3. The third-order valence-corrected chi connectivity index (χ3v) is 4.00. The average molecular weight is 319 g/mol. The van der Waals surface area contributed by atoms with Crippen molar-refractivity contribution >= 4 is 17.8 Å². The first-order valence-electron chi connectivity index (χ1n) is 7.69. The zero-order chi connectivity index (χ0) is 16.7. The minimum absolute atomic E-state index is 0.667. The summed E-state index contributed by atoms with van der Waals surface area (Å²) in [4.78, 5) is 9.20. The van der Waals surface area contributed by atoms with Crippen molar-refractivity contribution in [1.82, 2.24) is 24.1 Å². The zero-order valence-corrected chi connectivity index (χ0v) is 13.8. The van der Waals surface area contributed by atoms with Crippen LogP contribution in [-0.2, 0) is 7.05 Å². The van der Waals surface area contributed by atoms with Crippen molar-refractivity contribution in [3.63, 3.8) is 0 Å². The number of imidazole rings is 1. The Bertz CT molecular complexity index is 998. The third kappa shape index (κ3) is 2.42. The Kier molecular flexibility index (Phi) is 3.30. The van der Waals surface area contributed by atoms with Crippen LogP contribution in [0.5, 0.6) is 0 Å². The molecular formula is C18H17N5O. The first kappa shape index (κ1) is 14.4. The van der Waals surface area contributed by atoms with Gasteiger partial charge in [-0.25, -0.2) is 14.5 Å². The number of fused-ring (bicyclic) bond motifs is 1. The van der Waals surface area contributed by atoms with E-state index in [2.05, 4.69) is 21.1 Å². The summed E-state index contributed by atoms with van der Waals surface area (Å²) in [5.41, 5.74) is 4.88. The summed E-state index contributed by atoms with van der Waals surface area (Å²) in [6.45, 7) is 4.05. The molecule has 0 aliphatic rings. The normalized spacial score (nSPS) is 11.8. The van der Waals surface area contributed by atoms with Crippen molar-refractivity contribution < 1.29 is 4.42 Å². The summed E-state index contributed by atoms with van der Waals surface area (Å²) in [7, 11) is 1.96. The number of furan rings is 1. The van der Waals surface area contributed by atoms with E-state index in [0.29, 0.717) is 5.82 Å². The SMILES string of the molecule is Cc1ccc(C)n2nc(/C=C/c3nc(-c4ccoc4)cn3C)nc12. The molecule has 0 spiro atoms. The molecule has 120 valence electrons. The van der Waals surface area contributed by atoms with Gasteiger partial charge in [-0.1, -0.05) is 6.07 Å². The lowest BCUT2D eigenvalue weighted by atomic mass is 10.3. The molecule has 0 amide bonds. The van der Waals surface area contributed by atoms with Gasteiger partial charge < -0.3 is 8.98 Å². The molecule has 0 saturated heterocycles. The van der Waals surface area contributed by atoms with Gasteiger partial charge in [0.25, 0.3) is 0 Å². The molecule has 6 heteroatoms. The summed E-state index contributed by atoms with van der Waals surface area (Å²) in [6, 6.07) is 5.99. The van der Waals surface area contributed by atoms with Gasteiger partial charge in [-0.2, -0.15) is 0 Å². The van der Waals surface area contributed by atoms with Crippen LogP contribution >= 0.6 is 0 Å². The molecular weight excluding hydrogens is 302 g/mol. The molecule has 0 aromatic carbocycles. The van der Waals surface area contributed by atoms with E-state index in [1.807, 2.05) is 60.5 Å². The molecule has 0 unspecified atom stereocenters. The van der Waals surface area contributed by atoms with Crippen molar-refractivity contribution in [1.29, 1.82) is 0 Å². The molecule has 4 aromatic rings. The van der Waals surface area contributed by atoms with E-state index in [1.165, 1.54) is 0 Å². The first-order valence-corrected chi connectivity index (χ1v) is 7.69. The zero-order valence-electron chi connectivity index (χ0n) is 13.8. The van der Waals surface area contributed by atoms with Crippen molar-refractivity contribution in [2.24, 2.45) is 7.05 Å². The molecule has 4 heterocycles. The first-order chi connectivity index (χ1) is 11.6. The van der Waals surface area contributed by atoms with Crippen LogP contribution in [0.25, 0.3) is 29.1 Å². The Labute approximate surface area is 139 Å². The van der Waals surface area contributed by atoms with Crippen LogP contribution in [0, 0.1) is 13.8 Å². The second kappa shape index (κ2) is 5.49. The fourth-order valence-electron chi connectivity index (χ4n) is 2.62. The predicted octanol–water partition coefficient (Wildman–Crippen LogP) is 3.51. The molecule has 0 aliphatic heterocycles. The number of hydrogen-bond acceptors (Lipinski definition) is 4. The van der Waals surface area contributed by atoms with Crippen LogP contribution in [0.1, 0.15) is 22.9 Å². The Morgan fingerprint density at radius 3 is 2.71 bits per heavy atom. The van der Waals surface area contributed by atoms with Gasteiger partial charge in [-0.05, 0) is 43.7 Å². The quantitative estimate of drug-likeness (QED) is 0.580. The van der Waals surface area contributed by atoms with Crippen LogP contribution in [0.2, 0.25) is 0 Å². The minimum atomic E-state index is 0.667.